The van der Waals surface area contributed by atoms with Crippen molar-refractivity contribution in [1.29, 1.82) is 0 Å². The van der Waals surface area contributed by atoms with Gasteiger partial charge in [0.15, 0.2) is 0 Å². The number of hydrogen-bond donors (Lipinski definition) is 0. The van der Waals surface area contributed by atoms with Crippen molar-refractivity contribution in [3.8, 4) is 0 Å². The van der Waals surface area contributed by atoms with Gasteiger partial charge in [0.2, 0.25) is 0 Å². The molecule has 0 atom stereocenters. The third kappa shape index (κ3) is 10.8. The molecule has 0 heterocycles. The van der Waals surface area contributed by atoms with Crippen molar-refractivity contribution in [1.82, 2.24) is 0 Å². The van der Waals surface area contributed by atoms with Gasteiger partial charge in [-0.25, -0.2) is 0 Å². The molecule has 0 radical (unpaired) electrons. The number of rotatable bonds is 6. The van der Waals surface area contributed by atoms with Crippen LogP contribution in [0.15, 0.2) is 0 Å². The van der Waals surface area contributed by atoms with Crippen molar-refractivity contribution in [2.45, 2.75) is 60.8 Å². The van der Waals surface area contributed by atoms with Crippen molar-refractivity contribution in [2.75, 3.05) is 0 Å². The van der Waals surface area contributed by atoms with Crippen LogP contribution < -0.4 is 0 Å². The van der Waals surface area contributed by atoms with Gasteiger partial charge in [-0.05, 0) is 0 Å². The molecule has 0 aromatic rings. The van der Waals surface area contributed by atoms with Crippen LogP contribution in [0.1, 0.15) is 60.8 Å². The summed E-state index contributed by atoms with van der Waals surface area (Å²) in [6, 6.07) is 0. The van der Waals surface area contributed by atoms with E-state index in [9.17, 15) is 0 Å². The van der Waals surface area contributed by atoms with E-state index in [-0.39, 0.29) is 21.7 Å². The molecule has 0 nitrogen and oxygen atoms in total. The molecule has 0 aliphatic rings. The fourth-order valence-corrected chi connectivity index (χ4v) is 1.98. The second kappa shape index (κ2) is 8.98. The minimum atomic E-state index is 0. The molecule has 0 N–H and O–H groups in total. The second-order valence-corrected chi connectivity index (χ2v) is 5.54. The monoisotopic (exact) mass is 231 g/mol. The zero-order chi connectivity index (χ0) is 10.4. The summed E-state index contributed by atoms with van der Waals surface area (Å²) < 4.78 is 0. The average molecular weight is 231 g/mol. The Bertz CT molecular complexity index is 92.6. The molecule has 0 saturated heterocycles. The Morgan fingerprint density at radius 2 is 0.857 bits per heavy atom. The Kier molecular flexibility index (Phi) is 11.0. The van der Waals surface area contributed by atoms with Crippen LogP contribution in [0, 0.1) is 23.7 Å². The smallest absolute Gasteiger partial charge is 0 e. The standard InChI is InChI=1S/C13H27.Ti/c1-10(2)7-13(8-11(3)4)9-12(5)6;/h10-12H,7-9H2,1-6H3;/q-1;. The van der Waals surface area contributed by atoms with Crippen LogP contribution in [-0.2, 0) is 21.7 Å². The van der Waals surface area contributed by atoms with Crippen molar-refractivity contribution in [3.63, 3.8) is 0 Å². The molecule has 0 aromatic heterocycles. The molecule has 0 aliphatic heterocycles. The molecular formula is C13H27Ti-. The van der Waals surface area contributed by atoms with Gasteiger partial charge in [-0.15, -0.1) is 0 Å². The Hall–Kier alpha value is 0.714. The number of hydrogen-bond acceptors (Lipinski definition) is 0. The maximum atomic E-state index is 2.32. The quantitative estimate of drug-likeness (QED) is 0.459. The van der Waals surface area contributed by atoms with Crippen molar-refractivity contribution >= 4 is 0 Å². The van der Waals surface area contributed by atoms with Crippen LogP contribution in [0.3, 0.4) is 0 Å². The van der Waals surface area contributed by atoms with Crippen LogP contribution >= 0.6 is 0 Å². The minimum absolute atomic E-state index is 0. The van der Waals surface area contributed by atoms with E-state index < -0.39 is 0 Å². The molecule has 0 aromatic carbocycles. The molecule has 0 spiro atoms. The van der Waals surface area contributed by atoms with Crippen molar-refractivity contribution in [3.05, 3.63) is 5.92 Å². The van der Waals surface area contributed by atoms with Gasteiger partial charge < -0.3 is 5.92 Å². The van der Waals surface area contributed by atoms with Gasteiger partial charge >= 0.3 is 0 Å². The van der Waals surface area contributed by atoms with E-state index in [4.69, 9.17) is 0 Å². The maximum Gasteiger partial charge on any atom is 0 e. The van der Waals surface area contributed by atoms with E-state index in [1.54, 1.807) is 5.92 Å². The summed E-state index contributed by atoms with van der Waals surface area (Å²) in [4.78, 5) is 0. The minimum Gasteiger partial charge on any atom is -0.313 e. The molecule has 84 valence electrons. The zero-order valence-electron chi connectivity index (χ0n) is 10.9. The summed E-state index contributed by atoms with van der Waals surface area (Å²) in [6.45, 7) is 13.9. The third-order valence-corrected chi connectivity index (χ3v) is 2.09. The van der Waals surface area contributed by atoms with Gasteiger partial charge in [0.05, 0.1) is 0 Å². The normalized spacial score (nSPS) is 11.6. The fraction of sp³-hybridized carbons (Fsp3) is 0.923. The summed E-state index contributed by atoms with van der Waals surface area (Å²) >= 11 is 0. The SMILES string of the molecule is CC(C)C[C-](CC(C)C)CC(C)C.[Ti]. The first-order valence-electron chi connectivity index (χ1n) is 5.75. The average Bonchev–Trinajstić information content (AvgIpc) is 1.80. The largest absolute Gasteiger partial charge is 0.313 e. The Labute approximate surface area is 106 Å². The summed E-state index contributed by atoms with van der Waals surface area (Å²) in [5.74, 6) is 4.26. The molecule has 0 saturated carbocycles. The van der Waals surface area contributed by atoms with Gasteiger partial charge in [0, 0.05) is 21.7 Å². The topological polar surface area (TPSA) is 0 Å². The van der Waals surface area contributed by atoms with E-state index >= 15 is 0 Å². The van der Waals surface area contributed by atoms with Crippen molar-refractivity contribution in [2.24, 2.45) is 17.8 Å². The molecule has 0 aliphatic carbocycles. The van der Waals surface area contributed by atoms with Crippen molar-refractivity contribution < 1.29 is 21.7 Å². The van der Waals surface area contributed by atoms with Gasteiger partial charge in [-0.3, -0.25) is 0 Å². The Morgan fingerprint density at radius 1 is 0.643 bits per heavy atom. The first kappa shape index (κ1) is 17.1. The third-order valence-electron chi connectivity index (χ3n) is 2.09. The summed E-state index contributed by atoms with van der Waals surface area (Å²) in [5.41, 5.74) is 0. The molecule has 0 amide bonds. The predicted molar refractivity (Wildman–Crippen MR) is 61.6 cm³/mol. The molecule has 1 heteroatoms. The van der Waals surface area contributed by atoms with E-state index in [2.05, 4.69) is 41.5 Å². The molecular weight excluding hydrogens is 204 g/mol. The van der Waals surface area contributed by atoms with Gasteiger partial charge in [-0.1, -0.05) is 59.3 Å². The fourth-order valence-electron chi connectivity index (χ4n) is 1.98. The first-order valence-corrected chi connectivity index (χ1v) is 5.75. The Morgan fingerprint density at radius 3 is 1.00 bits per heavy atom. The van der Waals surface area contributed by atoms with Crippen LogP contribution in [0.2, 0.25) is 0 Å². The van der Waals surface area contributed by atoms with E-state index in [1.807, 2.05) is 0 Å². The van der Waals surface area contributed by atoms with Gasteiger partial charge in [0.25, 0.3) is 0 Å². The van der Waals surface area contributed by atoms with Crippen LogP contribution in [0.5, 0.6) is 0 Å². The van der Waals surface area contributed by atoms with E-state index in [1.165, 1.54) is 19.3 Å². The second-order valence-electron chi connectivity index (χ2n) is 5.54. The molecule has 0 fully saturated rings. The van der Waals surface area contributed by atoms with Gasteiger partial charge in [-0.2, -0.15) is 19.3 Å². The zero-order valence-corrected chi connectivity index (χ0v) is 12.4. The summed E-state index contributed by atoms with van der Waals surface area (Å²) in [7, 11) is 0. The summed E-state index contributed by atoms with van der Waals surface area (Å²) in [5, 5.41) is 0. The van der Waals surface area contributed by atoms with Crippen LogP contribution in [-0.4, -0.2) is 0 Å². The van der Waals surface area contributed by atoms with Crippen LogP contribution in [0.4, 0.5) is 0 Å². The molecule has 0 rings (SSSR count). The maximum absolute atomic E-state index is 2.32. The van der Waals surface area contributed by atoms with E-state index in [0.29, 0.717) is 0 Å². The summed E-state index contributed by atoms with van der Waals surface area (Å²) in [6.07, 6.45) is 3.99. The molecule has 0 unspecified atom stereocenters. The predicted octanol–water partition coefficient (Wildman–Crippen LogP) is 4.70. The van der Waals surface area contributed by atoms with Crippen LogP contribution in [0.25, 0.3) is 0 Å². The molecule has 14 heavy (non-hydrogen) atoms. The van der Waals surface area contributed by atoms with E-state index in [0.717, 1.165) is 17.8 Å². The Balaban J connectivity index is 0. The van der Waals surface area contributed by atoms with Gasteiger partial charge in [0.1, 0.15) is 0 Å². The molecule has 0 bridgehead atoms. The first-order chi connectivity index (χ1) is 5.91.